The van der Waals surface area contributed by atoms with Gasteiger partial charge in [-0.3, -0.25) is 4.79 Å². The zero-order valence-corrected chi connectivity index (χ0v) is 15.9. The van der Waals surface area contributed by atoms with Gasteiger partial charge < -0.3 is 19.3 Å². The highest BCUT2D eigenvalue weighted by Gasteiger charge is 2.58. The summed E-state index contributed by atoms with van der Waals surface area (Å²) in [5.41, 5.74) is -1.42. The first kappa shape index (κ1) is 19.4. The maximum Gasteiger partial charge on any atom is 0.334 e. The van der Waals surface area contributed by atoms with Gasteiger partial charge in [-0.1, -0.05) is 19.6 Å². The van der Waals surface area contributed by atoms with Gasteiger partial charge in [0.1, 0.15) is 11.9 Å². The summed E-state index contributed by atoms with van der Waals surface area (Å²) < 4.78 is 17.0. The molecule has 7 nitrogen and oxygen atoms in total. The van der Waals surface area contributed by atoms with Crippen LogP contribution in [-0.2, 0) is 28.6 Å². The molecular weight excluding hydrogens is 352 g/mol. The quantitative estimate of drug-likeness (QED) is 0.577. The summed E-state index contributed by atoms with van der Waals surface area (Å²) in [6, 6.07) is 0. The van der Waals surface area contributed by atoms with Crippen LogP contribution >= 0.6 is 0 Å². The van der Waals surface area contributed by atoms with E-state index in [9.17, 15) is 19.5 Å². The molecule has 7 heteroatoms. The molecule has 2 bridgehead atoms. The van der Waals surface area contributed by atoms with E-state index in [-0.39, 0.29) is 11.5 Å². The molecule has 2 saturated heterocycles. The number of carbonyl (C=O) groups is 3. The zero-order valence-electron chi connectivity index (χ0n) is 15.9. The second kappa shape index (κ2) is 6.64. The minimum Gasteiger partial charge on any atom is -0.487 e. The highest BCUT2D eigenvalue weighted by molar-refractivity contribution is 5.98. The van der Waals surface area contributed by atoms with Gasteiger partial charge >= 0.3 is 11.9 Å². The SMILES string of the molecule is C=C1C(=O)OC2CC(C)C3=CC(=O)C(C)(O)C(O3)C(OC(=O)C(C)=CC)C12. The molecule has 1 N–H and O–H groups in total. The van der Waals surface area contributed by atoms with Crippen LogP contribution in [-0.4, -0.2) is 46.7 Å². The van der Waals surface area contributed by atoms with E-state index >= 15 is 0 Å². The van der Waals surface area contributed by atoms with Crippen LogP contribution in [0.3, 0.4) is 0 Å². The van der Waals surface area contributed by atoms with Crippen LogP contribution in [0, 0.1) is 11.8 Å². The molecule has 6 atom stereocenters. The molecule has 0 aliphatic carbocycles. The fourth-order valence-electron chi connectivity index (χ4n) is 3.73. The number of hydrogen-bond acceptors (Lipinski definition) is 7. The van der Waals surface area contributed by atoms with Crippen LogP contribution in [0.5, 0.6) is 0 Å². The topological polar surface area (TPSA) is 99.1 Å². The number of fused-ring (bicyclic) bond motifs is 3. The average Bonchev–Trinajstić information content (AvgIpc) is 2.87. The Morgan fingerprint density at radius 1 is 1.41 bits per heavy atom. The summed E-state index contributed by atoms with van der Waals surface area (Å²) in [6.07, 6.45) is 0.379. The second-order valence-electron chi connectivity index (χ2n) is 7.57. The lowest BCUT2D eigenvalue weighted by molar-refractivity contribution is -0.191. The van der Waals surface area contributed by atoms with Gasteiger partial charge in [-0.2, -0.15) is 0 Å². The normalized spacial score (nSPS) is 38.9. The number of allylic oxidation sites excluding steroid dienone is 2. The molecule has 3 aliphatic heterocycles. The predicted octanol–water partition coefficient (Wildman–Crippen LogP) is 1.60. The maximum absolute atomic E-state index is 12.5. The van der Waals surface area contributed by atoms with Crippen molar-refractivity contribution in [2.75, 3.05) is 0 Å². The monoisotopic (exact) mass is 376 g/mol. The lowest BCUT2D eigenvalue weighted by atomic mass is 9.75. The third kappa shape index (κ3) is 3.10. The third-order valence-electron chi connectivity index (χ3n) is 5.63. The molecule has 6 unspecified atom stereocenters. The van der Waals surface area contributed by atoms with Crippen molar-refractivity contribution in [2.45, 2.75) is 58.0 Å². The van der Waals surface area contributed by atoms with Gasteiger partial charge in [0.2, 0.25) is 0 Å². The first-order valence-electron chi connectivity index (χ1n) is 8.96. The number of rotatable bonds is 2. The van der Waals surface area contributed by atoms with Gasteiger partial charge in [0.05, 0.1) is 5.92 Å². The molecule has 0 aromatic heterocycles. The largest absolute Gasteiger partial charge is 0.487 e. The van der Waals surface area contributed by atoms with Gasteiger partial charge in [-0.25, -0.2) is 9.59 Å². The van der Waals surface area contributed by atoms with E-state index in [4.69, 9.17) is 14.2 Å². The smallest absolute Gasteiger partial charge is 0.334 e. The van der Waals surface area contributed by atoms with Crippen molar-refractivity contribution in [1.29, 1.82) is 0 Å². The highest BCUT2D eigenvalue weighted by atomic mass is 16.6. The minimum atomic E-state index is -1.92. The molecule has 0 aromatic carbocycles. The third-order valence-corrected chi connectivity index (χ3v) is 5.63. The lowest BCUT2D eigenvalue weighted by Gasteiger charge is -2.45. The molecular formula is C20H24O7. The van der Waals surface area contributed by atoms with Gasteiger partial charge in [0, 0.05) is 23.1 Å². The molecule has 0 spiro atoms. The maximum atomic E-state index is 12.5. The van der Waals surface area contributed by atoms with Crippen molar-refractivity contribution in [3.8, 4) is 0 Å². The Morgan fingerprint density at radius 2 is 2.07 bits per heavy atom. The number of ketones is 1. The lowest BCUT2D eigenvalue weighted by Crippen LogP contribution is -2.60. The number of ether oxygens (including phenoxy) is 3. The summed E-state index contributed by atoms with van der Waals surface area (Å²) in [7, 11) is 0. The van der Waals surface area contributed by atoms with Crippen LogP contribution in [0.25, 0.3) is 0 Å². The minimum absolute atomic E-state index is 0.146. The fourth-order valence-corrected chi connectivity index (χ4v) is 3.73. The summed E-state index contributed by atoms with van der Waals surface area (Å²) in [6.45, 7) is 10.2. The summed E-state index contributed by atoms with van der Waals surface area (Å²) >= 11 is 0. The second-order valence-corrected chi connectivity index (χ2v) is 7.57. The summed E-state index contributed by atoms with van der Waals surface area (Å²) in [4.78, 5) is 37.1. The molecule has 3 heterocycles. The summed E-state index contributed by atoms with van der Waals surface area (Å²) in [5, 5.41) is 10.8. The van der Waals surface area contributed by atoms with E-state index in [0.29, 0.717) is 17.8 Å². The summed E-state index contributed by atoms with van der Waals surface area (Å²) in [5.74, 6) is -2.27. The van der Waals surface area contributed by atoms with Gasteiger partial charge in [-0.15, -0.1) is 0 Å². The molecule has 146 valence electrons. The predicted molar refractivity (Wildman–Crippen MR) is 94.2 cm³/mol. The molecule has 3 aliphatic rings. The highest BCUT2D eigenvalue weighted by Crippen LogP contribution is 2.44. The first-order valence-corrected chi connectivity index (χ1v) is 8.96. The van der Waals surface area contributed by atoms with Crippen molar-refractivity contribution in [3.05, 3.63) is 35.6 Å². The standard InChI is InChI=1S/C20H24O7/c1-6-9(2)18(22)27-16-15-11(4)19(23)26-13(15)7-10(3)12-8-14(21)20(5,24)17(16)25-12/h6,8,10,13,15-17,24H,4,7H2,1-3,5H3. The Kier molecular flexibility index (Phi) is 4.76. The van der Waals surface area contributed by atoms with Crippen LogP contribution in [0.2, 0.25) is 0 Å². The van der Waals surface area contributed by atoms with Crippen molar-refractivity contribution in [1.82, 2.24) is 0 Å². The van der Waals surface area contributed by atoms with E-state index in [1.807, 2.05) is 6.92 Å². The van der Waals surface area contributed by atoms with Crippen LogP contribution in [0.15, 0.2) is 35.6 Å². The fraction of sp³-hybridized carbons (Fsp3) is 0.550. The van der Waals surface area contributed by atoms with Crippen molar-refractivity contribution in [3.63, 3.8) is 0 Å². The number of aliphatic hydroxyl groups is 1. The Bertz CT molecular complexity index is 773. The van der Waals surface area contributed by atoms with E-state index in [2.05, 4.69) is 6.58 Å². The van der Waals surface area contributed by atoms with E-state index < -0.39 is 47.6 Å². The molecule has 0 radical (unpaired) electrons. The number of esters is 2. The zero-order chi connectivity index (χ0) is 20.1. The van der Waals surface area contributed by atoms with E-state index in [1.54, 1.807) is 19.9 Å². The molecule has 0 saturated carbocycles. The average molecular weight is 376 g/mol. The van der Waals surface area contributed by atoms with Crippen molar-refractivity contribution >= 4 is 17.7 Å². The number of hydrogen-bond donors (Lipinski definition) is 1. The number of carbonyl (C=O) groups excluding carboxylic acids is 3. The Balaban J connectivity index is 2.10. The molecule has 2 fully saturated rings. The van der Waals surface area contributed by atoms with E-state index in [1.165, 1.54) is 13.0 Å². The molecule has 0 amide bonds. The van der Waals surface area contributed by atoms with Crippen molar-refractivity contribution in [2.24, 2.45) is 11.8 Å². The first-order chi connectivity index (χ1) is 12.6. The van der Waals surface area contributed by atoms with Crippen LogP contribution < -0.4 is 0 Å². The molecule has 0 aromatic rings. The van der Waals surface area contributed by atoms with Gasteiger partial charge in [0.25, 0.3) is 0 Å². The molecule has 3 rings (SSSR count). The Hall–Kier alpha value is -2.41. The van der Waals surface area contributed by atoms with Gasteiger partial charge in [-0.05, 0) is 27.2 Å². The van der Waals surface area contributed by atoms with E-state index in [0.717, 1.165) is 0 Å². The van der Waals surface area contributed by atoms with Crippen LogP contribution in [0.4, 0.5) is 0 Å². The Morgan fingerprint density at radius 3 is 2.70 bits per heavy atom. The van der Waals surface area contributed by atoms with Crippen LogP contribution in [0.1, 0.15) is 34.1 Å². The van der Waals surface area contributed by atoms with Gasteiger partial charge in [0.15, 0.2) is 23.6 Å². The molecule has 27 heavy (non-hydrogen) atoms. The van der Waals surface area contributed by atoms with Crippen molar-refractivity contribution < 1.29 is 33.7 Å². The Labute approximate surface area is 157 Å².